The number of esters is 1. The molecule has 1 unspecified atom stereocenters. The third-order valence-corrected chi connectivity index (χ3v) is 1.34. The molecule has 0 amide bonds. The molecule has 0 spiro atoms. The second-order valence-corrected chi connectivity index (χ2v) is 2.64. The molecule has 0 aliphatic heterocycles. The molecule has 0 saturated carbocycles. The van der Waals surface area contributed by atoms with E-state index >= 15 is 0 Å². The molecule has 7 nitrogen and oxygen atoms in total. The minimum Gasteiger partial charge on any atom is -0.406 e. The van der Waals surface area contributed by atoms with E-state index in [0.29, 0.717) is 0 Å². The van der Waals surface area contributed by atoms with Crippen LogP contribution in [0.3, 0.4) is 0 Å². The lowest BCUT2D eigenvalue weighted by molar-refractivity contribution is -0.137. The Labute approximate surface area is 73.6 Å². The third kappa shape index (κ3) is 3.75. The highest BCUT2D eigenvalue weighted by molar-refractivity contribution is 7.32. The molecular formula is C5H6N2O5P+. The Morgan fingerprint density at radius 1 is 1.77 bits per heavy atom. The van der Waals surface area contributed by atoms with E-state index in [9.17, 15) is 9.36 Å². The maximum Gasteiger partial charge on any atom is 0.695 e. The first-order valence-corrected chi connectivity index (χ1v) is 4.30. The zero-order valence-electron chi connectivity index (χ0n) is 6.34. The van der Waals surface area contributed by atoms with Gasteiger partial charge in [0.05, 0.1) is 6.20 Å². The van der Waals surface area contributed by atoms with Gasteiger partial charge in [0.1, 0.15) is 0 Å². The molecule has 0 radical (unpaired) electrons. The van der Waals surface area contributed by atoms with Crippen LogP contribution >= 0.6 is 8.25 Å². The molecule has 1 heterocycles. The topological polar surface area (TPSA) is 102 Å². The van der Waals surface area contributed by atoms with Gasteiger partial charge in [-0.15, -0.1) is 9.42 Å². The molecule has 0 aromatic carbocycles. The fraction of sp³-hybridized carbons (Fsp3) is 0.200. The second kappa shape index (κ2) is 4.66. The van der Waals surface area contributed by atoms with Crippen LogP contribution in [0.25, 0.3) is 0 Å². The van der Waals surface area contributed by atoms with Gasteiger partial charge in [-0.05, 0) is 0 Å². The number of aromatic amines is 1. The molecule has 1 aromatic heterocycles. The molecule has 1 atom stereocenters. The summed E-state index contributed by atoms with van der Waals surface area (Å²) in [5.41, 5.74) is 0. The van der Waals surface area contributed by atoms with Crippen LogP contribution in [-0.4, -0.2) is 27.7 Å². The molecule has 70 valence electrons. The number of carbonyl (C=O) groups is 1. The van der Waals surface area contributed by atoms with Crippen molar-refractivity contribution in [3.8, 4) is 5.88 Å². The van der Waals surface area contributed by atoms with Gasteiger partial charge in [0.25, 0.3) is 0 Å². The number of rotatable bonds is 4. The van der Waals surface area contributed by atoms with Crippen molar-refractivity contribution < 1.29 is 23.5 Å². The highest BCUT2D eigenvalue weighted by Gasteiger charge is 2.17. The molecule has 2 N–H and O–H groups in total. The SMILES string of the molecule is O=C(CO[P+](=O)O)Oc1ccn[nH]1. The number of hydrogen-bond acceptors (Lipinski definition) is 5. The number of aromatic nitrogens is 2. The molecule has 1 rings (SSSR count). The molecule has 0 bridgehead atoms. The highest BCUT2D eigenvalue weighted by Crippen LogP contribution is 2.13. The van der Waals surface area contributed by atoms with E-state index in [0.717, 1.165) is 0 Å². The van der Waals surface area contributed by atoms with Crippen molar-refractivity contribution in [2.24, 2.45) is 0 Å². The minimum absolute atomic E-state index is 0.154. The van der Waals surface area contributed by atoms with E-state index in [1.807, 2.05) is 0 Å². The lowest BCUT2D eigenvalue weighted by Crippen LogP contribution is -2.13. The van der Waals surface area contributed by atoms with Crippen LogP contribution in [-0.2, 0) is 13.9 Å². The van der Waals surface area contributed by atoms with Gasteiger partial charge in [0.2, 0.25) is 12.5 Å². The standard InChI is InChI=1S/C5H5N2O5P/c8-5(3-11-13(9)10)12-4-1-2-6-7-4/h1-2H,3H2,(H-,6,7,9,10)/p+1. The predicted octanol–water partition coefficient (Wildman–Crippen LogP) is -0.0186. The Morgan fingerprint density at radius 2 is 2.54 bits per heavy atom. The Hall–Kier alpha value is -1.30. The summed E-state index contributed by atoms with van der Waals surface area (Å²) in [4.78, 5) is 19.0. The van der Waals surface area contributed by atoms with E-state index in [1.165, 1.54) is 12.3 Å². The number of H-pyrrole nitrogens is 1. The fourth-order valence-corrected chi connectivity index (χ4v) is 0.776. The smallest absolute Gasteiger partial charge is 0.406 e. The monoisotopic (exact) mass is 205 g/mol. The van der Waals surface area contributed by atoms with E-state index in [2.05, 4.69) is 19.5 Å². The molecule has 8 heteroatoms. The lowest BCUT2D eigenvalue weighted by Gasteiger charge is -1.95. The summed E-state index contributed by atoms with van der Waals surface area (Å²) < 4.78 is 18.7. The molecule has 0 saturated heterocycles. The Bertz CT molecular complexity index is 298. The van der Waals surface area contributed by atoms with Crippen molar-refractivity contribution in [3.05, 3.63) is 12.3 Å². The van der Waals surface area contributed by atoms with E-state index in [4.69, 9.17) is 4.89 Å². The maximum atomic E-state index is 10.8. The van der Waals surface area contributed by atoms with Crippen LogP contribution in [0.15, 0.2) is 12.3 Å². The fourth-order valence-electron chi connectivity index (χ4n) is 0.560. The second-order valence-electron chi connectivity index (χ2n) is 1.91. The molecular weight excluding hydrogens is 199 g/mol. The van der Waals surface area contributed by atoms with Crippen molar-refractivity contribution in [3.63, 3.8) is 0 Å². The molecule has 0 aliphatic rings. The van der Waals surface area contributed by atoms with Gasteiger partial charge in [-0.1, -0.05) is 0 Å². The van der Waals surface area contributed by atoms with Crippen molar-refractivity contribution in [2.75, 3.05) is 6.61 Å². The van der Waals surface area contributed by atoms with Gasteiger partial charge in [0.15, 0.2) is 0 Å². The number of nitrogens with one attached hydrogen (secondary N) is 1. The van der Waals surface area contributed by atoms with Crippen LogP contribution in [0.2, 0.25) is 0 Å². The number of ether oxygens (including phenoxy) is 1. The van der Waals surface area contributed by atoms with E-state index in [1.54, 1.807) is 0 Å². The molecule has 13 heavy (non-hydrogen) atoms. The number of hydrogen-bond donors (Lipinski definition) is 2. The van der Waals surface area contributed by atoms with Crippen LogP contribution < -0.4 is 4.74 Å². The van der Waals surface area contributed by atoms with Crippen LogP contribution in [0, 0.1) is 0 Å². The Balaban J connectivity index is 2.30. The van der Waals surface area contributed by atoms with Crippen molar-refractivity contribution in [2.45, 2.75) is 0 Å². The van der Waals surface area contributed by atoms with Crippen molar-refractivity contribution in [1.82, 2.24) is 10.2 Å². The normalized spacial score (nSPS) is 11.0. The Kier molecular flexibility index (Phi) is 3.51. The van der Waals surface area contributed by atoms with Crippen LogP contribution in [0.5, 0.6) is 5.88 Å². The summed E-state index contributed by atoms with van der Waals surface area (Å²) >= 11 is 0. The van der Waals surface area contributed by atoms with Gasteiger partial charge in [-0.3, -0.25) is 0 Å². The van der Waals surface area contributed by atoms with Crippen LogP contribution in [0.1, 0.15) is 0 Å². The van der Waals surface area contributed by atoms with Gasteiger partial charge < -0.3 is 4.74 Å². The summed E-state index contributed by atoms with van der Waals surface area (Å²) in [7, 11) is -2.77. The van der Waals surface area contributed by atoms with Gasteiger partial charge in [-0.25, -0.2) is 9.89 Å². The zero-order chi connectivity index (χ0) is 9.68. The lowest BCUT2D eigenvalue weighted by atomic mass is 10.7. The quantitative estimate of drug-likeness (QED) is 0.529. The summed E-state index contributed by atoms with van der Waals surface area (Å²) in [6.45, 7) is -0.579. The molecule has 1 aromatic rings. The first-order chi connectivity index (χ1) is 6.18. The average molecular weight is 205 g/mol. The Morgan fingerprint density at radius 3 is 3.08 bits per heavy atom. The number of carbonyl (C=O) groups excluding carboxylic acids is 1. The molecule has 0 aliphatic carbocycles. The summed E-state index contributed by atoms with van der Waals surface area (Å²) in [6.07, 6.45) is 1.40. The summed E-state index contributed by atoms with van der Waals surface area (Å²) in [6, 6.07) is 1.43. The van der Waals surface area contributed by atoms with Gasteiger partial charge >= 0.3 is 14.2 Å². The summed E-state index contributed by atoms with van der Waals surface area (Å²) in [5, 5.41) is 5.89. The number of nitrogens with zero attached hydrogens (tertiary/aromatic N) is 1. The predicted molar refractivity (Wildman–Crippen MR) is 40.0 cm³/mol. The first-order valence-electron chi connectivity index (χ1n) is 3.17. The average Bonchev–Trinajstić information content (AvgIpc) is 2.53. The van der Waals surface area contributed by atoms with Crippen molar-refractivity contribution >= 4 is 14.2 Å². The maximum absolute atomic E-state index is 10.8. The van der Waals surface area contributed by atoms with E-state index < -0.39 is 20.8 Å². The zero-order valence-corrected chi connectivity index (χ0v) is 7.23. The van der Waals surface area contributed by atoms with Gasteiger partial charge in [0, 0.05) is 10.6 Å². The third-order valence-electron chi connectivity index (χ3n) is 0.992. The van der Waals surface area contributed by atoms with Crippen LogP contribution in [0.4, 0.5) is 0 Å². The van der Waals surface area contributed by atoms with E-state index in [-0.39, 0.29) is 5.88 Å². The highest BCUT2D eigenvalue weighted by atomic mass is 31.1. The first kappa shape index (κ1) is 9.79. The molecule has 0 fully saturated rings. The summed E-state index contributed by atoms with van der Waals surface area (Å²) in [5.74, 6) is -0.622. The minimum atomic E-state index is -2.77. The largest absolute Gasteiger partial charge is 0.695 e. The van der Waals surface area contributed by atoms with Gasteiger partial charge in [-0.2, -0.15) is 5.10 Å². The van der Waals surface area contributed by atoms with Crippen molar-refractivity contribution in [1.29, 1.82) is 0 Å².